The molecule has 1 fully saturated rings. The minimum atomic E-state index is 0.574. The fourth-order valence-electron chi connectivity index (χ4n) is 5.57. The molecule has 0 spiro atoms. The van der Waals surface area contributed by atoms with Crippen LogP contribution in [-0.2, 0) is 4.74 Å². The minimum absolute atomic E-state index is 0.574. The van der Waals surface area contributed by atoms with Gasteiger partial charge >= 0.3 is 0 Å². The maximum Gasteiger partial charge on any atom is 0.130 e. The van der Waals surface area contributed by atoms with Crippen molar-refractivity contribution in [2.45, 2.75) is 168 Å². The Labute approximate surface area is 210 Å². The first-order valence-corrected chi connectivity index (χ1v) is 15.7. The summed E-state index contributed by atoms with van der Waals surface area (Å²) in [6.07, 6.45) is 32.4. The highest BCUT2D eigenvalue weighted by Gasteiger charge is 2.35. The van der Waals surface area contributed by atoms with Crippen molar-refractivity contribution in [1.82, 2.24) is 0 Å². The van der Waals surface area contributed by atoms with Crippen molar-refractivity contribution in [3.63, 3.8) is 0 Å². The van der Waals surface area contributed by atoms with Crippen LogP contribution in [0.1, 0.15) is 162 Å². The molecule has 1 rings (SSSR count). The second-order valence-electron chi connectivity index (χ2n) is 11.3. The number of hydrogen-bond donors (Lipinski definition) is 0. The number of quaternary nitrogens is 1. The number of hydrogen-bond acceptors (Lipinski definition) is 1. The number of epoxide rings is 1. The molecular formula is C31H64NO+. The van der Waals surface area contributed by atoms with Gasteiger partial charge in [-0.1, -0.05) is 129 Å². The van der Waals surface area contributed by atoms with E-state index in [4.69, 9.17) is 4.74 Å². The Morgan fingerprint density at radius 2 is 0.788 bits per heavy atom. The van der Waals surface area contributed by atoms with Crippen molar-refractivity contribution < 1.29 is 9.22 Å². The molecule has 0 amide bonds. The molecule has 1 saturated heterocycles. The van der Waals surface area contributed by atoms with Gasteiger partial charge in [-0.15, -0.1) is 0 Å². The third-order valence-electron chi connectivity index (χ3n) is 8.14. The molecule has 2 nitrogen and oxygen atoms in total. The van der Waals surface area contributed by atoms with Gasteiger partial charge in [0.25, 0.3) is 0 Å². The summed E-state index contributed by atoms with van der Waals surface area (Å²) in [5, 5.41) is 0. The zero-order chi connectivity index (χ0) is 23.9. The molecule has 0 saturated carbocycles. The summed E-state index contributed by atoms with van der Waals surface area (Å²) in [7, 11) is 0. The lowest BCUT2D eigenvalue weighted by molar-refractivity contribution is -0.927. The molecule has 1 heterocycles. The average Bonchev–Trinajstić information content (AvgIpc) is 3.64. The molecule has 198 valence electrons. The molecular weight excluding hydrogens is 402 g/mol. The normalized spacial score (nSPS) is 17.4. The van der Waals surface area contributed by atoms with Crippen LogP contribution in [-0.4, -0.2) is 43.4 Å². The first-order chi connectivity index (χ1) is 16.3. The number of likely N-dealkylation sites (N-methyl/N-ethyl adjacent to an activating group) is 1. The van der Waals surface area contributed by atoms with Crippen molar-refractivity contribution in [2.24, 2.45) is 0 Å². The molecule has 2 heteroatoms. The lowest BCUT2D eigenvalue weighted by atomic mass is 10.0. The summed E-state index contributed by atoms with van der Waals surface area (Å²) in [5.74, 6) is 0. The number of unbranched alkanes of at least 4 members (excludes halogenated alkanes) is 20. The van der Waals surface area contributed by atoms with Crippen LogP contribution < -0.4 is 0 Å². The van der Waals surface area contributed by atoms with Crippen LogP contribution in [0, 0.1) is 0 Å². The van der Waals surface area contributed by atoms with Gasteiger partial charge < -0.3 is 9.22 Å². The van der Waals surface area contributed by atoms with E-state index in [1.54, 1.807) is 0 Å². The number of rotatable bonds is 27. The maximum atomic E-state index is 5.66. The Morgan fingerprint density at radius 3 is 1.06 bits per heavy atom. The van der Waals surface area contributed by atoms with Crippen molar-refractivity contribution in [3.05, 3.63) is 0 Å². The van der Waals surface area contributed by atoms with E-state index in [9.17, 15) is 0 Å². The first-order valence-electron chi connectivity index (χ1n) is 15.7. The van der Waals surface area contributed by atoms with E-state index in [1.165, 1.54) is 172 Å². The van der Waals surface area contributed by atoms with Crippen molar-refractivity contribution >= 4 is 0 Å². The van der Waals surface area contributed by atoms with Crippen LogP contribution >= 0.6 is 0 Å². The van der Waals surface area contributed by atoms with E-state index in [-0.39, 0.29) is 0 Å². The zero-order valence-corrected chi connectivity index (χ0v) is 23.5. The van der Waals surface area contributed by atoms with Gasteiger partial charge in [0, 0.05) is 0 Å². The fourth-order valence-corrected chi connectivity index (χ4v) is 5.57. The monoisotopic (exact) mass is 466 g/mol. The second-order valence-corrected chi connectivity index (χ2v) is 11.3. The standard InChI is InChI=1S/C31H64NO/c1-4-7-9-11-13-15-17-18-20-22-24-26-28-32(6-3,29-31-30-33-31)27-25-23-21-19-16-14-12-10-8-5-2/h31H,4-30H2,1-3H3/q+1. The average molecular weight is 467 g/mol. The van der Waals surface area contributed by atoms with E-state index in [2.05, 4.69) is 20.8 Å². The Bertz CT molecular complexity index is 394. The number of nitrogens with zero attached hydrogens (tertiary/aromatic N) is 1. The van der Waals surface area contributed by atoms with Crippen LogP contribution in [0.5, 0.6) is 0 Å². The summed E-state index contributed by atoms with van der Waals surface area (Å²) in [6.45, 7) is 13.4. The van der Waals surface area contributed by atoms with Gasteiger partial charge in [0.2, 0.25) is 0 Å². The fraction of sp³-hybridized carbons (Fsp3) is 1.00. The third kappa shape index (κ3) is 18.9. The van der Waals surface area contributed by atoms with E-state index < -0.39 is 0 Å². The topological polar surface area (TPSA) is 12.5 Å². The summed E-state index contributed by atoms with van der Waals surface area (Å²) in [5.41, 5.74) is 0. The molecule has 0 aromatic carbocycles. The maximum absolute atomic E-state index is 5.66. The van der Waals surface area contributed by atoms with E-state index in [1.807, 2.05) is 0 Å². The minimum Gasteiger partial charge on any atom is -0.367 e. The highest BCUT2D eigenvalue weighted by Crippen LogP contribution is 2.22. The molecule has 2 unspecified atom stereocenters. The van der Waals surface area contributed by atoms with Crippen molar-refractivity contribution in [1.29, 1.82) is 0 Å². The van der Waals surface area contributed by atoms with Crippen LogP contribution in [0.3, 0.4) is 0 Å². The highest BCUT2D eigenvalue weighted by atomic mass is 16.6. The number of ether oxygens (including phenoxy) is 1. The van der Waals surface area contributed by atoms with Gasteiger partial charge in [0.15, 0.2) is 0 Å². The smallest absolute Gasteiger partial charge is 0.130 e. The molecule has 2 atom stereocenters. The predicted octanol–water partition coefficient (Wildman–Crippen LogP) is 9.84. The van der Waals surface area contributed by atoms with Crippen molar-refractivity contribution in [2.75, 3.05) is 32.8 Å². The lowest BCUT2D eigenvalue weighted by Crippen LogP contribution is -2.51. The molecule has 0 aromatic heterocycles. The van der Waals surface area contributed by atoms with Crippen molar-refractivity contribution in [3.8, 4) is 0 Å². The third-order valence-corrected chi connectivity index (χ3v) is 8.14. The molecule has 1 aliphatic rings. The summed E-state index contributed by atoms with van der Waals surface area (Å²) in [4.78, 5) is 0. The Kier molecular flexibility index (Phi) is 21.0. The van der Waals surface area contributed by atoms with Gasteiger partial charge in [-0.25, -0.2) is 0 Å². The van der Waals surface area contributed by atoms with Gasteiger partial charge in [-0.05, 0) is 32.6 Å². The van der Waals surface area contributed by atoms with Gasteiger partial charge in [0.05, 0.1) is 26.2 Å². The van der Waals surface area contributed by atoms with Gasteiger partial charge in [-0.2, -0.15) is 0 Å². The van der Waals surface area contributed by atoms with Gasteiger partial charge in [0.1, 0.15) is 12.6 Å². The highest BCUT2D eigenvalue weighted by molar-refractivity contribution is 4.69. The Morgan fingerprint density at radius 1 is 0.485 bits per heavy atom. The zero-order valence-electron chi connectivity index (χ0n) is 23.5. The summed E-state index contributed by atoms with van der Waals surface area (Å²) < 4.78 is 7.00. The molecule has 0 aliphatic carbocycles. The van der Waals surface area contributed by atoms with E-state index in [0.29, 0.717) is 6.10 Å². The quantitative estimate of drug-likeness (QED) is 0.0666. The Balaban J connectivity index is 2.06. The largest absolute Gasteiger partial charge is 0.367 e. The lowest BCUT2D eigenvalue weighted by Gasteiger charge is -2.38. The summed E-state index contributed by atoms with van der Waals surface area (Å²) in [6, 6.07) is 0. The Hall–Kier alpha value is -0.0800. The van der Waals surface area contributed by atoms with E-state index in [0.717, 1.165) is 6.61 Å². The molecule has 0 aromatic rings. The van der Waals surface area contributed by atoms with Crippen LogP contribution in [0.4, 0.5) is 0 Å². The molecule has 0 bridgehead atoms. The summed E-state index contributed by atoms with van der Waals surface area (Å²) >= 11 is 0. The molecule has 0 N–H and O–H groups in total. The molecule has 0 radical (unpaired) electrons. The predicted molar refractivity (Wildman–Crippen MR) is 148 cm³/mol. The van der Waals surface area contributed by atoms with Gasteiger partial charge in [-0.3, -0.25) is 0 Å². The van der Waals surface area contributed by atoms with Crippen LogP contribution in [0.2, 0.25) is 0 Å². The van der Waals surface area contributed by atoms with Crippen LogP contribution in [0.15, 0.2) is 0 Å². The van der Waals surface area contributed by atoms with Crippen LogP contribution in [0.25, 0.3) is 0 Å². The molecule has 1 aliphatic heterocycles. The second kappa shape index (κ2) is 22.4. The molecule has 33 heavy (non-hydrogen) atoms. The first kappa shape index (κ1) is 31.0. The SMILES string of the molecule is CCCCCCCCCCCCCC[N+](CC)(CCCCCCCCCCCC)CC1CO1. The van der Waals surface area contributed by atoms with E-state index >= 15 is 0 Å².